The van der Waals surface area contributed by atoms with Gasteiger partial charge < -0.3 is 5.73 Å². The topological polar surface area (TPSA) is 49.6 Å². The number of piperidine rings is 1. The van der Waals surface area contributed by atoms with Crippen molar-refractivity contribution in [1.82, 2.24) is 10.0 Å². The second-order valence-electron chi connectivity index (χ2n) is 3.54. The van der Waals surface area contributed by atoms with Crippen LogP contribution in [0.4, 0.5) is 0 Å². The van der Waals surface area contributed by atoms with Crippen LogP contribution < -0.4 is 5.73 Å². The molecule has 0 aromatic rings. The van der Waals surface area contributed by atoms with Crippen molar-refractivity contribution in [3.8, 4) is 0 Å². The molecule has 2 fully saturated rings. The molecule has 2 aliphatic rings. The lowest BCUT2D eigenvalue weighted by atomic mass is 10.1. The van der Waals surface area contributed by atoms with Crippen molar-refractivity contribution in [3.05, 3.63) is 0 Å². The second-order valence-corrected chi connectivity index (χ2v) is 3.54. The van der Waals surface area contributed by atoms with Crippen molar-refractivity contribution in [1.29, 1.82) is 0 Å². The number of amides is 1. The van der Waals surface area contributed by atoms with E-state index >= 15 is 0 Å². The number of hydrazine groups is 1. The maximum atomic E-state index is 11.2. The summed E-state index contributed by atoms with van der Waals surface area (Å²) >= 11 is 0. The van der Waals surface area contributed by atoms with Crippen LogP contribution in [0, 0.1) is 0 Å². The minimum absolute atomic E-state index is 0.0944. The smallest absolute Gasteiger partial charge is 0.255 e. The van der Waals surface area contributed by atoms with E-state index in [4.69, 9.17) is 5.73 Å². The van der Waals surface area contributed by atoms with Crippen LogP contribution in [-0.2, 0) is 4.79 Å². The Kier molecular flexibility index (Phi) is 2.02. The zero-order valence-electron chi connectivity index (χ0n) is 7.20. The molecular formula is C8H15N3O. The van der Waals surface area contributed by atoms with Crippen LogP contribution in [0.2, 0.25) is 0 Å². The minimum Gasteiger partial charge on any atom is -0.318 e. The Balaban J connectivity index is 1.88. The summed E-state index contributed by atoms with van der Waals surface area (Å²) in [5.74, 6) is 0.0944. The van der Waals surface area contributed by atoms with E-state index in [2.05, 4.69) is 5.01 Å². The van der Waals surface area contributed by atoms with Gasteiger partial charge in [-0.15, -0.1) is 0 Å². The van der Waals surface area contributed by atoms with Gasteiger partial charge in [-0.2, -0.15) is 0 Å². The molecule has 0 saturated carbocycles. The standard InChI is InChI=1S/C8H15N3O/c9-7-6-11(8(7)12)10-4-2-1-3-5-10/h7H,1-6,9H2. The van der Waals surface area contributed by atoms with Crippen molar-refractivity contribution in [3.63, 3.8) is 0 Å². The number of carbonyl (C=O) groups is 1. The number of hydrogen-bond donors (Lipinski definition) is 1. The summed E-state index contributed by atoms with van der Waals surface area (Å²) in [6.45, 7) is 2.77. The summed E-state index contributed by atoms with van der Waals surface area (Å²) in [7, 11) is 0. The highest BCUT2D eigenvalue weighted by atomic mass is 16.2. The fraction of sp³-hybridized carbons (Fsp3) is 0.875. The van der Waals surface area contributed by atoms with E-state index in [0.717, 1.165) is 19.6 Å². The SMILES string of the molecule is NC1CN(N2CCCCC2)C1=O. The van der Waals surface area contributed by atoms with Gasteiger partial charge in [-0.1, -0.05) is 6.42 Å². The highest BCUT2D eigenvalue weighted by Gasteiger charge is 2.37. The lowest BCUT2D eigenvalue weighted by Crippen LogP contribution is -2.67. The number of β-lactam (4-membered cyclic amide) rings is 1. The van der Waals surface area contributed by atoms with Crippen LogP contribution >= 0.6 is 0 Å². The summed E-state index contributed by atoms with van der Waals surface area (Å²) in [6.07, 6.45) is 3.71. The molecule has 2 saturated heterocycles. The van der Waals surface area contributed by atoms with Crippen LogP contribution in [0.5, 0.6) is 0 Å². The summed E-state index contributed by atoms with van der Waals surface area (Å²) < 4.78 is 0. The first-order valence-electron chi connectivity index (χ1n) is 4.61. The van der Waals surface area contributed by atoms with Gasteiger partial charge in [-0.3, -0.25) is 9.80 Å². The van der Waals surface area contributed by atoms with Crippen LogP contribution in [0.25, 0.3) is 0 Å². The van der Waals surface area contributed by atoms with Gasteiger partial charge in [0.05, 0.1) is 6.54 Å². The zero-order chi connectivity index (χ0) is 8.55. The average Bonchev–Trinajstić information content (AvgIpc) is 2.15. The van der Waals surface area contributed by atoms with Crippen LogP contribution in [-0.4, -0.2) is 41.6 Å². The molecule has 1 amide bonds. The van der Waals surface area contributed by atoms with Crippen molar-refractivity contribution in [2.75, 3.05) is 19.6 Å². The Labute approximate surface area is 72.3 Å². The number of rotatable bonds is 1. The molecule has 0 aliphatic carbocycles. The molecule has 1 unspecified atom stereocenters. The lowest BCUT2D eigenvalue weighted by molar-refractivity contribution is -0.169. The Morgan fingerprint density at radius 3 is 2.42 bits per heavy atom. The third-order valence-corrected chi connectivity index (χ3v) is 2.62. The molecule has 1 atom stereocenters. The van der Waals surface area contributed by atoms with E-state index in [1.54, 1.807) is 5.01 Å². The molecule has 2 N–H and O–H groups in total. The van der Waals surface area contributed by atoms with Gasteiger partial charge in [0, 0.05) is 13.1 Å². The molecule has 2 aliphatic heterocycles. The van der Waals surface area contributed by atoms with Gasteiger partial charge in [-0.05, 0) is 12.8 Å². The average molecular weight is 169 g/mol. The van der Waals surface area contributed by atoms with E-state index < -0.39 is 0 Å². The van der Waals surface area contributed by atoms with Crippen molar-refractivity contribution in [2.45, 2.75) is 25.3 Å². The van der Waals surface area contributed by atoms with Crippen molar-refractivity contribution in [2.24, 2.45) is 5.73 Å². The molecule has 4 heteroatoms. The molecule has 2 heterocycles. The minimum atomic E-state index is -0.230. The Morgan fingerprint density at radius 1 is 1.25 bits per heavy atom. The fourth-order valence-electron chi connectivity index (χ4n) is 1.81. The molecule has 4 nitrogen and oxygen atoms in total. The number of nitrogens with two attached hydrogens (primary N) is 1. The Morgan fingerprint density at radius 2 is 1.92 bits per heavy atom. The Hall–Kier alpha value is -0.610. The monoisotopic (exact) mass is 169 g/mol. The summed E-state index contributed by atoms with van der Waals surface area (Å²) in [5, 5.41) is 3.93. The first kappa shape index (κ1) is 8.01. The molecule has 0 radical (unpaired) electrons. The highest BCUT2D eigenvalue weighted by Crippen LogP contribution is 2.17. The predicted molar refractivity (Wildman–Crippen MR) is 45.1 cm³/mol. The highest BCUT2D eigenvalue weighted by molar-refractivity contribution is 5.87. The van der Waals surface area contributed by atoms with Gasteiger partial charge >= 0.3 is 0 Å². The molecule has 0 spiro atoms. The second kappa shape index (κ2) is 3.03. The lowest BCUT2D eigenvalue weighted by Gasteiger charge is -2.45. The molecule has 0 aromatic heterocycles. The Bertz CT molecular complexity index is 189. The number of nitrogens with zero attached hydrogens (tertiary/aromatic N) is 2. The first-order valence-corrected chi connectivity index (χ1v) is 4.61. The number of carbonyl (C=O) groups excluding carboxylic acids is 1. The summed E-state index contributed by atoms with van der Waals surface area (Å²) in [5.41, 5.74) is 5.50. The van der Waals surface area contributed by atoms with Crippen LogP contribution in [0.1, 0.15) is 19.3 Å². The normalized spacial score (nSPS) is 31.9. The maximum Gasteiger partial charge on any atom is 0.255 e. The molecule has 2 rings (SSSR count). The zero-order valence-corrected chi connectivity index (χ0v) is 7.20. The molecule has 12 heavy (non-hydrogen) atoms. The first-order chi connectivity index (χ1) is 5.79. The summed E-state index contributed by atoms with van der Waals surface area (Å²) in [4.78, 5) is 11.2. The van der Waals surface area contributed by atoms with Gasteiger partial charge in [-0.25, -0.2) is 5.01 Å². The van der Waals surface area contributed by atoms with E-state index in [0.29, 0.717) is 0 Å². The third kappa shape index (κ3) is 1.21. The van der Waals surface area contributed by atoms with Gasteiger partial charge in [0.1, 0.15) is 6.04 Å². The molecule has 0 aromatic carbocycles. The predicted octanol–water partition coefficient (Wildman–Crippen LogP) is -0.443. The number of hydrogen-bond acceptors (Lipinski definition) is 3. The molecule has 0 bridgehead atoms. The van der Waals surface area contributed by atoms with Crippen LogP contribution in [0.15, 0.2) is 0 Å². The third-order valence-electron chi connectivity index (χ3n) is 2.62. The van der Waals surface area contributed by atoms with E-state index in [1.165, 1.54) is 19.3 Å². The quantitative estimate of drug-likeness (QED) is 0.541. The largest absolute Gasteiger partial charge is 0.318 e. The summed E-state index contributed by atoms with van der Waals surface area (Å²) in [6, 6.07) is -0.230. The van der Waals surface area contributed by atoms with Gasteiger partial charge in [0.15, 0.2) is 0 Å². The maximum absolute atomic E-state index is 11.2. The van der Waals surface area contributed by atoms with E-state index in [9.17, 15) is 4.79 Å². The van der Waals surface area contributed by atoms with E-state index in [-0.39, 0.29) is 11.9 Å². The van der Waals surface area contributed by atoms with Crippen molar-refractivity contribution >= 4 is 5.91 Å². The molecular weight excluding hydrogens is 154 g/mol. The van der Waals surface area contributed by atoms with E-state index in [1.807, 2.05) is 0 Å². The van der Waals surface area contributed by atoms with Crippen molar-refractivity contribution < 1.29 is 4.79 Å². The van der Waals surface area contributed by atoms with Crippen LogP contribution in [0.3, 0.4) is 0 Å². The fourth-order valence-corrected chi connectivity index (χ4v) is 1.81. The van der Waals surface area contributed by atoms with Gasteiger partial charge in [0.25, 0.3) is 5.91 Å². The van der Waals surface area contributed by atoms with Gasteiger partial charge in [0.2, 0.25) is 0 Å². The molecule has 68 valence electrons.